The van der Waals surface area contributed by atoms with Gasteiger partial charge in [-0.15, -0.1) is 0 Å². The van der Waals surface area contributed by atoms with Crippen LogP contribution in [0.2, 0.25) is 0 Å². The third-order valence-electron chi connectivity index (χ3n) is 3.72. The van der Waals surface area contributed by atoms with Crippen molar-refractivity contribution < 1.29 is 4.79 Å². The third-order valence-corrected chi connectivity index (χ3v) is 3.72. The summed E-state index contributed by atoms with van der Waals surface area (Å²) in [5.74, 6) is 0.190. The monoisotopic (exact) mass is 241 g/mol. The van der Waals surface area contributed by atoms with Gasteiger partial charge in [0, 0.05) is 38.1 Å². The SMILES string of the molecule is CCC(C)N(C)CCNC1CCCNC(=O)C1. The number of hydrogen-bond acceptors (Lipinski definition) is 3. The number of carbonyl (C=O) groups excluding carboxylic acids is 1. The van der Waals surface area contributed by atoms with E-state index in [0.29, 0.717) is 18.5 Å². The Bertz CT molecular complexity index is 233. The molecule has 1 rings (SSSR count). The molecular formula is C13H27N3O. The molecule has 100 valence electrons. The lowest BCUT2D eigenvalue weighted by atomic mass is 10.1. The van der Waals surface area contributed by atoms with Crippen molar-refractivity contribution in [1.29, 1.82) is 0 Å². The molecule has 0 bridgehead atoms. The number of rotatable bonds is 6. The largest absolute Gasteiger partial charge is 0.356 e. The van der Waals surface area contributed by atoms with Gasteiger partial charge in [0.25, 0.3) is 0 Å². The molecule has 1 fully saturated rings. The molecule has 2 unspecified atom stereocenters. The van der Waals surface area contributed by atoms with Gasteiger partial charge < -0.3 is 15.5 Å². The van der Waals surface area contributed by atoms with Crippen molar-refractivity contribution in [3.05, 3.63) is 0 Å². The van der Waals surface area contributed by atoms with Crippen molar-refractivity contribution >= 4 is 5.91 Å². The zero-order chi connectivity index (χ0) is 12.7. The molecule has 2 N–H and O–H groups in total. The second kappa shape index (κ2) is 7.67. The molecular weight excluding hydrogens is 214 g/mol. The molecule has 1 amide bonds. The Kier molecular flexibility index (Phi) is 6.52. The highest BCUT2D eigenvalue weighted by atomic mass is 16.1. The van der Waals surface area contributed by atoms with E-state index in [1.165, 1.54) is 6.42 Å². The van der Waals surface area contributed by atoms with Crippen molar-refractivity contribution in [1.82, 2.24) is 15.5 Å². The third kappa shape index (κ3) is 5.50. The molecule has 2 atom stereocenters. The van der Waals surface area contributed by atoms with E-state index >= 15 is 0 Å². The van der Waals surface area contributed by atoms with Gasteiger partial charge in [-0.25, -0.2) is 0 Å². The average molecular weight is 241 g/mol. The Balaban J connectivity index is 2.18. The predicted molar refractivity (Wildman–Crippen MR) is 71.0 cm³/mol. The Hall–Kier alpha value is -0.610. The highest BCUT2D eigenvalue weighted by Crippen LogP contribution is 2.06. The first kappa shape index (κ1) is 14.5. The maximum Gasteiger partial charge on any atom is 0.221 e. The van der Waals surface area contributed by atoms with E-state index in [9.17, 15) is 4.79 Å². The zero-order valence-corrected chi connectivity index (χ0v) is 11.5. The summed E-state index contributed by atoms with van der Waals surface area (Å²) in [4.78, 5) is 13.7. The van der Waals surface area contributed by atoms with Crippen molar-refractivity contribution in [3.8, 4) is 0 Å². The standard InChI is InChI=1S/C13H27N3O/c1-4-11(2)16(3)9-8-14-12-6-5-7-15-13(17)10-12/h11-12,14H,4-10H2,1-3H3,(H,15,17). The minimum Gasteiger partial charge on any atom is -0.356 e. The Morgan fingerprint density at radius 2 is 2.35 bits per heavy atom. The molecule has 0 saturated carbocycles. The fourth-order valence-corrected chi connectivity index (χ4v) is 2.13. The highest BCUT2D eigenvalue weighted by Gasteiger charge is 2.16. The second-order valence-corrected chi connectivity index (χ2v) is 5.09. The number of hydrogen-bond donors (Lipinski definition) is 2. The van der Waals surface area contributed by atoms with Crippen LogP contribution >= 0.6 is 0 Å². The summed E-state index contributed by atoms with van der Waals surface area (Å²) in [6, 6.07) is 0.997. The van der Waals surface area contributed by atoms with Crippen LogP contribution in [0, 0.1) is 0 Å². The average Bonchev–Trinajstić information content (AvgIpc) is 2.52. The van der Waals surface area contributed by atoms with Gasteiger partial charge in [0.1, 0.15) is 0 Å². The summed E-state index contributed by atoms with van der Waals surface area (Å²) in [7, 11) is 2.16. The van der Waals surface area contributed by atoms with Crippen molar-refractivity contribution in [2.75, 3.05) is 26.7 Å². The van der Waals surface area contributed by atoms with Gasteiger partial charge in [0.2, 0.25) is 5.91 Å². The summed E-state index contributed by atoms with van der Waals surface area (Å²) in [6.07, 6.45) is 4.01. The molecule has 0 aliphatic carbocycles. The molecule has 1 saturated heterocycles. The van der Waals surface area contributed by atoms with E-state index < -0.39 is 0 Å². The first-order chi connectivity index (χ1) is 8.13. The van der Waals surface area contributed by atoms with Crippen molar-refractivity contribution in [2.24, 2.45) is 0 Å². The topological polar surface area (TPSA) is 44.4 Å². The van der Waals surface area contributed by atoms with E-state index in [0.717, 1.165) is 32.5 Å². The molecule has 0 aromatic carbocycles. The molecule has 1 aliphatic rings. The Morgan fingerprint density at radius 1 is 1.59 bits per heavy atom. The van der Waals surface area contributed by atoms with Crippen LogP contribution in [-0.4, -0.2) is 49.6 Å². The maximum atomic E-state index is 11.4. The molecule has 0 spiro atoms. The lowest BCUT2D eigenvalue weighted by Gasteiger charge is -2.24. The minimum absolute atomic E-state index is 0.190. The van der Waals surface area contributed by atoms with E-state index in [2.05, 4.69) is 36.4 Å². The Labute approximate surface area is 105 Å². The van der Waals surface area contributed by atoms with Gasteiger partial charge in [-0.1, -0.05) is 6.92 Å². The van der Waals surface area contributed by atoms with E-state index in [4.69, 9.17) is 0 Å². The Morgan fingerprint density at radius 3 is 3.06 bits per heavy atom. The smallest absolute Gasteiger partial charge is 0.221 e. The van der Waals surface area contributed by atoms with Crippen LogP contribution in [-0.2, 0) is 4.79 Å². The normalized spacial score (nSPS) is 23.3. The van der Waals surface area contributed by atoms with Crippen LogP contribution in [0.25, 0.3) is 0 Å². The maximum absolute atomic E-state index is 11.4. The molecule has 17 heavy (non-hydrogen) atoms. The molecule has 0 aromatic rings. The quantitative estimate of drug-likeness (QED) is 0.728. The first-order valence-corrected chi connectivity index (χ1v) is 6.83. The molecule has 4 nitrogen and oxygen atoms in total. The van der Waals surface area contributed by atoms with E-state index in [1.54, 1.807) is 0 Å². The number of carbonyl (C=O) groups is 1. The van der Waals surface area contributed by atoms with Gasteiger partial charge in [0.05, 0.1) is 0 Å². The zero-order valence-electron chi connectivity index (χ0n) is 11.5. The fraction of sp³-hybridized carbons (Fsp3) is 0.923. The van der Waals surface area contributed by atoms with Gasteiger partial charge in [0.15, 0.2) is 0 Å². The highest BCUT2D eigenvalue weighted by molar-refractivity contribution is 5.76. The van der Waals surface area contributed by atoms with Crippen LogP contribution in [0.4, 0.5) is 0 Å². The van der Waals surface area contributed by atoms with Gasteiger partial charge in [-0.05, 0) is 33.2 Å². The molecule has 0 radical (unpaired) electrons. The van der Waals surface area contributed by atoms with Crippen LogP contribution in [0.15, 0.2) is 0 Å². The van der Waals surface area contributed by atoms with Crippen LogP contribution in [0.3, 0.4) is 0 Å². The van der Waals surface area contributed by atoms with Crippen molar-refractivity contribution in [2.45, 2.75) is 51.6 Å². The van der Waals surface area contributed by atoms with Crippen LogP contribution in [0.1, 0.15) is 39.5 Å². The predicted octanol–water partition coefficient (Wildman–Crippen LogP) is 0.975. The molecule has 4 heteroatoms. The second-order valence-electron chi connectivity index (χ2n) is 5.09. The van der Waals surface area contributed by atoms with E-state index in [-0.39, 0.29) is 5.91 Å². The molecule has 1 aliphatic heterocycles. The summed E-state index contributed by atoms with van der Waals surface area (Å²) in [6.45, 7) is 7.32. The number of nitrogens with one attached hydrogen (secondary N) is 2. The summed E-state index contributed by atoms with van der Waals surface area (Å²) < 4.78 is 0. The minimum atomic E-state index is 0.190. The lowest BCUT2D eigenvalue weighted by Crippen LogP contribution is -2.39. The molecule has 0 aromatic heterocycles. The first-order valence-electron chi connectivity index (χ1n) is 6.83. The number of nitrogens with zero attached hydrogens (tertiary/aromatic N) is 1. The van der Waals surface area contributed by atoms with Gasteiger partial charge in [-0.3, -0.25) is 4.79 Å². The van der Waals surface area contributed by atoms with Gasteiger partial charge >= 0.3 is 0 Å². The van der Waals surface area contributed by atoms with Crippen LogP contribution < -0.4 is 10.6 Å². The van der Waals surface area contributed by atoms with Crippen molar-refractivity contribution in [3.63, 3.8) is 0 Å². The lowest BCUT2D eigenvalue weighted by molar-refractivity contribution is -0.121. The number of likely N-dealkylation sites (N-methyl/N-ethyl adjacent to an activating group) is 1. The fourth-order valence-electron chi connectivity index (χ4n) is 2.13. The molecule has 1 heterocycles. The summed E-state index contributed by atoms with van der Waals surface area (Å²) >= 11 is 0. The van der Waals surface area contributed by atoms with E-state index in [1.807, 2.05) is 0 Å². The summed E-state index contributed by atoms with van der Waals surface area (Å²) in [5.41, 5.74) is 0. The van der Waals surface area contributed by atoms with Crippen LogP contribution in [0.5, 0.6) is 0 Å². The number of amides is 1. The summed E-state index contributed by atoms with van der Waals surface area (Å²) in [5, 5.41) is 6.41. The van der Waals surface area contributed by atoms with Gasteiger partial charge in [-0.2, -0.15) is 0 Å².